The second-order valence-electron chi connectivity index (χ2n) is 2.86. The van der Waals surface area contributed by atoms with Gasteiger partial charge in [0, 0.05) is 34.9 Å². The van der Waals surface area contributed by atoms with Crippen molar-refractivity contribution in [1.82, 2.24) is 10.6 Å². The van der Waals surface area contributed by atoms with Gasteiger partial charge in [-0.2, -0.15) is 0 Å². The summed E-state index contributed by atoms with van der Waals surface area (Å²) in [5.41, 5.74) is 0. The Morgan fingerprint density at radius 3 is 2.53 bits per heavy atom. The second kappa shape index (κ2) is 9.94. The molecule has 0 spiro atoms. The van der Waals surface area contributed by atoms with Gasteiger partial charge in [-0.3, -0.25) is 4.99 Å². The van der Waals surface area contributed by atoms with E-state index in [2.05, 4.69) is 15.6 Å². The highest BCUT2D eigenvalue weighted by molar-refractivity contribution is 6.36. The Morgan fingerprint density at radius 1 is 1.40 bits per heavy atom. The zero-order valence-electron chi connectivity index (χ0n) is 9.96. The van der Waals surface area contributed by atoms with E-state index in [1.165, 1.54) is 0 Å². The highest BCUT2D eigenvalue weighted by atomic mass is 28.2. The Kier molecular flexibility index (Phi) is 9.55. The molecule has 5 nitrogen and oxygen atoms in total. The Labute approximate surface area is 94.5 Å². The molecule has 0 bridgehead atoms. The number of hydrogen-bond donors (Lipinski definition) is 2. The van der Waals surface area contributed by atoms with Crippen LogP contribution >= 0.6 is 0 Å². The van der Waals surface area contributed by atoms with Crippen LogP contribution in [0.5, 0.6) is 0 Å². The first kappa shape index (κ1) is 14.4. The average Bonchev–Trinajstić information content (AvgIpc) is 2.29. The van der Waals surface area contributed by atoms with Crippen LogP contribution in [0.3, 0.4) is 0 Å². The predicted octanol–water partition coefficient (Wildman–Crippen LogP) is -0.130. The Bertz CT molecular complexity index is 175. The summed E-state index contributed by atoms with van der Waals surface area (Å²) in [5, 5.41) is 6.16. The zero-order chi connectivity index (χ0) is 11.5. The molecule has 6 heteroatoms. The smallest absolute Gasteiger partial charge is 0.190 e. The SMILES string of the molecule is CN=C(NC)NCCC[Si]C(OC)OC. The fourth-order valence-corrected chi connectivity index (χ4v) is 2.01. The molecule has 0 aliphatic carbocycles. The molecule has 0 aromatic rings. The lowest BCUT2D eigenvalue weighted by Crippen LogP contribution is -2.35. The molecule has 0 saturated heterocycles. The molecule has 2 N–H and O–H groups in total. The van der Waals surface area contributed by atoms with Crippen molar-refractivity contribution in [3.8, 4) is 0 Å². The van der Waals surface area contributed by atoms with Crippen LogP contribution in [0, 0.1) is 0 Å². The lowest BCUT2D eigenvalue weighted by Gasteiger charge is -2.12. The predicted molar refractivity (Wildman–Crippen MR) is 63.4 cm³/mol. The summed E-state index contributed by atoms with van der Waals surface area (Å²) < 4.78 is 10.2. The maximum atomic E-state index is 5.10. The van der Waals surface area contributed by atoms with Crippen molar-refractivity contribution in [1.29, 1.82) is 0 Å². The molecule has 0 heterocycles. The summed E-state index contributed by atoms with van der Waals surface area (Å²) in [6.07, 6.45) is 1.09. The van der Waals surface area contributed by atoms with E-state index in [0.717, 1.165) is 25.0 Å². The van der Waals surface area contributed by atoms with Crippen molar-refractivity contribution in [2.24, 2.45) is 4.99 Å². The summed E-state index contributed by atoms with van der Waals surface area (Å²) in [6.45, 7) is 0.917. The summed E-state index contributed by atoms with van der Waals surface area (Å²) in [4.78, 5) is 4.02. The topological polar surface area (TPSA) is 54.9 Å². The lowest BCUT2D eigenvalue weighted by atomic mass is 10.5. The highest BCUT2D eigenvalue weighted by Gasteiger charge is 2.05. The van der Waals surface area contributed by atoms with Crippen molar-refractivity contribution in [3.05, 3.63) is 0 Å². The Hall–Kier alpha value is -0.593. The minimum Gasteiger partial charge on any atom is -0.360 e. The van der Waals surface area contributed by atoms with Crippen molar-refractivity contribution in [2.75, 3.05) is 34.9 Å². The van der Waals surface area contributed by atoms with E-state index in [1.54, 1.807) is 21.3 Å². The third-order valence-electron chi connectivity index (χ3n) is 1.85. The highest BCUT2D eigenvalue weighted by Crippen LogP contribution is 1.95. The number of guanidine groups is 1. The normalized spacial score (nSPS) is 11.9. The van der Waals surface area contributed by atoms with Gasteiger partial charge in [0.15, 0.2) is 5.96 Å². The molecule has 2 radical (unpaired) electrons. The Balaban J connectivity index is 3.38. The van der Waals surface area contributed by atoms with E-state index in [9.17, 15) is 0 Å². The van der Waals surface area contributed by atoms with Crippen LogP contribution < -0.4 is 10.6 Å². The lowest BCUT2D eigenvalue weighted by molar-refractivity contribution is -0.0441. The maximum Gasteiger partial charge on any atom is 0.190 e. The molecule has 0 fully saturated rings. The van der Waals surface area contributed by atoms with E-state index in [1.807, 2.05) is 7.05 Å². The first-order valence-corrected chi connectivity index (χ1v) is 6.24. The second-order valence-corrected chi connectivity index (χ2v) is 4.24. The molecule has 88 valence electrons. The quantitative estimate of drug-likeness (QED) is 0.211. The van der Waals surface area contributed by atoms with Crippen LogP contribution in [0.4, 0.5) is 0 Å². The molecule has 0 aromatic carbocycles. The van der Waals surface area contributed by atoms with Gasteiger partial charge in [-0.25, -0.2) is 0 Å². The third-order valence-corrected chi connectivity index (χ3v) is 3.29. The molecule has 15 heavy (non-hydrogen) atoms. The summed E-state index contributed by atoms with van der Waals surface area (Å²) in [7, 11) is 7.63. The van der Waals surface area contributed by atoms with E-state index in [-0.39, 0.29) is 5.91 Å². The fraction of sp³-hybridized carbons (Fsp3) is 0.889. The van der Waals surface area contributed by atoms with Gasteiger partial charge < -0.3 is 20.1 Å². The maximum absolute atomic E-state index is 5.10. The van der Waals surface area contributed by atoms with Gasteiger partial charge in [-0.05, 0) is 6.42 Å². The molecule has 0 aliphatic rings. The number of methoxy groups -OCH3 is 2. The molecule has 0 aliphatic heterocycles. The molecule has 0 aromatic heterocycles. The van der Waals surface area contributed by atoms with Gasteiger partial charge in [-0.1, -0.05) is 6.04 Å². The zero-order valence-corrected chi connectivity index (χ0v) is 11.0. The van der Waals surface area contributed by atoms with E-state index < -0.39 is 0 Å². The molecule has 0 unspecified atom stereocenters. The van der Waals surface area contributed by atoms with Gasteiger partial charge in [-0.15, -0.1) is 0 Å². The number of nitrogens with one attached hydrogen (secondary N) is 2. The fourth-order valence-electron chi connectivity index (χ4n) is 1.06. The van der Waals surface area contributed by atoms with Gasteiger partial charge in [0.05, 0.1) is 0 Å². The molecule has 0 atom stereocenters. The van der Waals surface area contributed by atoms with Crippen molar-refractivity contribution in [3.63, 3.8) is 0 Å². The molecular weight excluding hydrogens is 210 g/mol. The molecule has 0 amide bonds. The van der Waals surface area contributed by atoms with Crippen LogP contribution in [0.25, 0.3) is 0 Å². The van der Waals surface area contributed by atoms with Gasteiger partial charge in [0.25, 0.3) is 0 Å². The number of rotatable bonds is 7. The molecule has 0 rings (SSSR count). The average molecular weight is 231 g/mol. The number of hydrogen-bond acceptors (Lipinski definition) is 3. The van der Waals surface area contributed by atoms with Gasteiger partial charge in [0.2, 0.25) is 0 Å². The molecule has 0 saturated carbocycles. The van der Waals surface area contributed by atoms with Gasteiger partial charge >= 0.3 is 0 Å². The van der Waals surface area contributed by atoms with Crippen LogP contribution in [-0.2, 0) is 9.47 Å². The van der Waals surface area contributed by atoms with Crippen molar-refractivity contribution < 1.29 is 9.47 Å². The third kappa shape index (κ3) is 7.35. The van der Waals surface area contributed by atoms with Gasteiger partial charge in [0.1, 0.15) is 15.4 Å². The van der Waals surface area contributed by atoms with Crippen molar-refractivity contribution >= 4 is 15.5 Å². The minimum absolute atomic E-state index is 0.0476. The number of nitrogens with zero attached hydrogens (tertiary/aromatic N) is 1. The van der Waals surface area contributed by atoms with Crippen LogP contribution in [0.2, 0.25) is 6.04 Å². The largest absolute Gasteiger partial charge is 0.360 e. The number of ether oxygens (including phenoxy) is 2. The van der Waals surface area contributed by atoms with Crippen LogP contribution in [0.15, 0.2) is 4.99 Å². The standard InChI is InChI=1S/C9H21N3O2Si/c1-10-8(11-2)12-6-5-7-15-9(13-3)14-4/h9H,5-7H2,1-4H3,(H2,10,11,12). The summed E-state index contributed by atoms with van der Waals surface area (Å²) in [5.74, 6) is 0.780. The first-order valence-electron chi connectivity index (χ1n) is 4.95. The number of aliphatic imine (C=N–C) groups is 1. The van der Waals surface area contributed by atoms with Crippen LogP contribution in [-0.4, -0.2) is 56.3 Å². The van der Waals surface area contributed by atoms with E-state index in [0.29, 0.717) is 9.52 Å². The van der Waals surface area contributed by atoms with E-state index >= 15 is 0 Å². The van der Waals surface area contributed by atoms with Crippen LogP contribution in [0.1, 0.15) is 6.42 Å². The minimum atomic E-state index is -0.0476. The summed E-state index contributed by atoms with van der Waals surface area (Å²) >= 11 is 0. The first-order chi connectivity index (χ1) is 7.28. The molecular formula is C9H21N3O2Si. The Morgan fingerprint density at radius 2 is 2.07 bits per heavy atom. The summed E-state index contributed by atoms with van der Waals surface area (Å²) in [6, 6.07) is 1.10. The van der Waals surface area contributed by atoms with Crippen molar-refractivity contribution in [2.45, 2.75) is 18.4 Å². The van der Waals surface area contributed by atoms with E-state index in [4.69, 9.17) is 9.47 Å². The monoisotopic (exact) mass is 231 g/mol.